The number of methoxy groups -OCH3 is 1. The molecule has 0 aromatic heterocycles. The van der Waals surface area contributed by atoms with Crippen LogP contribution in [0, 0.1) is 25.3 Å². The van der Waals surface area contributed by atoms with E-state index in [4.69, 9.17) is 10.00 Å². The van der Waals surface area contributed by atoms with Crippen LogP contribution in [0.2, 0.25) is 0 Å². The third-order valence-corrected chi connectivity index (χ3v) is 2.65. The first kappa shape index (κ1) is 11.4. The van der Waals surface area contributed by atoms with Crippen molar-refractivity contribution < 1.29 is 4.74 Å². The van der Waals surface area contributed by atoms with E-state index >= 15 is 0 Å². The minimum Gasteiger partial charge on any atom is -0.496 e. The van der Waals surface area contributed by atoms with Gasteiger partial charge in [0.05, 0.1) is 13.7 Å². The monoisotopic (exact) mass is 204 g/mol. The number of nitrogens with zero attached hydrogens (tertiary/aromatic N) is 2. The van der Waals surface area contributed by atoms with Crippen molar-refractivity contribution in [2.45, 2.75) is 20.4 Å². The number of nitriles is 1. The van der Waals surface area contributed by atoms with Gasteiger partial charge in [-0.05, 0) is 36.6 Å². The summed E-state index contributed by atoms with van der Waals surface area (Å²) in [5.74, 6) is 0.899. The Bertz CT molecular complexity index is 393. The molecule has 0 aliphatic rings. The molecule has 0 atom stereocenters. The molecule has 0 heterocycles. The van der Waals surface area contributed by atoms with Crippen molar-refractivity contribution in [1.29, 1.82) is 5.26 Å². The van der Waals surface area contributed by atoms with Crippen LogP contribution in [0.1, 0.15) is 16.7 Å². The molecule has 0 aliphatic carbocycles. The van der Waals surface area contributed by atoms with Crippen molar-refractivity contribution in [3.8, 4) is 11.9 Å². The Morgan fingerprint density at radius 2 is 2.00 bits per heavy atom. The summed E-state index contributed by atoms with van der Waals surface area (Å²) in [7, 11) is 3.45. The zero-order valence-corrected chi connectivity index (χ0v) is 9.66. The summed E-state index contributed by atoms with van der Waals surface area (Å²) < 4.78 is 5.23. The van der Waals surface area contributed by atoms with Crippen molar-refractivity contribution in [1.82, 2.24) is 4.90 Å². The van der Waals surface area contributed by atoms with Crippen LogP contribution in [0.15, 0.2) is 12.1 Å². The number of rotatable bonds is 3. The second kappa shape index (κ2) is 4.70. The lowest BCUT2D eigenvalue weighted by molar-refractivity contribution is 0.410. The minimum atomic E-state index is 0.646. The predicted octanol–water partition coefficient (Wildman–Crippen LogP) is 2.22. The highest BCUT2D eigenvalue weighted by Crippen LogP contribution is 2.24. The smallest absolute Gasteiger partial charge is 0.179 e. The summed E-state index contributed by atoms with van der Waals surface area (Å²) in [4.78, 5) is 1.61. The Balaban J connectivity index is 3.02. The molecule has 0 spiro atoms. The molecule has 0 fully saturated rings. The topological polar surface area (TPSA) is 36.3 Å². The zero-order chi connectivity index (χ0) is 11.4. The number of benzene rings is 1. The van der Waals surface area contributed by atoms with Crippen LogP contribution in [0.25, 0.3) is 0 Å². The van der Waals surface area contributed by atoms with E-state index in [0.717, 1.165) is 16.9 Å². The summed E-state index contributed by atoms with van der Waals surface area (Å²) >= 11 is 0. The van der Waals surface area contributed by atoms with E-state index in [-0.39, 0.29) is 0 Å². The first-order chi connectivity index (χ1) is 7.10. The van der Waals surface area contributed by atoms with Crippen LogP contribution in [0.5, 0.6) is 5.75 Å². The van der Waals surface area contributed by atoms with E-state index in [2.05, 4.69) is 13.1 Å². The van der Waals surface area contributed by atoms with E-state index in [9.17, 15) is 0 Å². The third-order valence-electron chi connectivity index (χ3n) is 2.65. The summed E-state index contributed by atoms with van der Waals surface area (Å²) in [6.45, 7) is 4.73. The molecule has 3 heteroatoms. The molecule has 80 valence electrons. The Morgan fingerprint density at radius 1 is 1.33 bits per heavy atom. The molecule has 0 N–H and O–H groups in total. The first-order valence-corrected chi connectivity index (χ1v) is 4.84. The fraction of sp³-hybridized carbons (Fsp3) is 0.417. The molecule has 1 aromatic rings. The van der Waals surface area contributed by atoms with Gasteiger partial charge in [0.15, 0.2) is 6.19 Å². The minimum absolute atomic E-state index is 0.646. The quantitative estimate of drug-likeness (QED) is 0.559. The molecular formula is C12H16N2O. The molecule has 0 radical (unpaired) electrons. The number of hydrogen-bond donors (Lipinski definition) is 0. The molecule has 15 heavy (non-hydrogen) atoms. The zero-order valence-electron chi connectivity index (χ0n) is 9.66. The Morgan fingerprint density at radius 3 is 2.53 bits per heavy atom. The van der Waals surface area contributed by atoms with Gasteiger partial charge in [-0.1, -0.05) is 6.07 Å². The van der Waals surface area contributed by atoms with Gasteiger partial charge in [-0.3, -0.25) is 0 Å². The van der Waals surface area contributed by atoms with Crippen LogP contribution < -0.4 is 4.74 Å². The van der Waals surface area contributed by atoms with Crippen LogP contribution in [-0.4, -0.2) is 19.1 Å². The second-order valence-electron chi connectivity index (χ2n) is 3.63. The van der Waals surface area contributed by atoms with E-state index in [1.807, 2.05) is 19.1 Å². The van der Waals surface area contributed by atoms with Crippen molar-refractivity contribution in [2.24, 2.45) is 0 Å². The SMILES string of the molecule is COc1ccc(CN(C)C#N)c(C)c1C. The van der Waals surface area contributed by atoms with Gasteiger partial charge in [-0.25, -0.2) is 0 Å². The van der Waals surface area contributed by atoms with E-state index in [0.29, 0.717) is 6.54 Å². The highest BCUT2D eigenvalue weighted by molar-refractivity contribution is 5.43. The Hall–Kier alpha value is -1.69. The van der Waals surface area contributed by atoms with Gasteiger partial charge in [0.2, 0.25) is 0 Å². The number of hydrogen-bond acceptors (Lipinski definition) is 3. The van der Waals surface area contributed by atoms with Gasteiger partial charge in [0.1, 0.15) is 5.75 Å². The molecule has 0 saturated carbocycles. The second-order valence-corrected chi connectivity index (χ2v) is 3.63. The maximum absolute atomic E-state index is 8.71. The van der Waals surface area contributed by atoms with Crippen LogP contribution in [0.4, 0.5) is 0 Å². The number of ether oxygens (including phenoxy) is 1. The fourth-order valence-electron chi connectivity index (χ4n) is 1.54. The largest absolute Gasteiger partial charge is 0.496 e. The Kier molecular flexibility index (Phi) is 3.56. The third kappa shape index (κ3) is 2.41. The van der Waals surface area contributed by atoms with E-state index in [1.165, 1.54) is 5.56 Å². The normalized spacial score (nSPS) is 9.53. The van der Waals surface area contributed by atoms with Gasteiger partial charge >= 0.3 is 0 Å². The summed E-state index contributed by atoms with van der Waals surface area (Å²) in [5.41, 5.74) is 3.50. The maximum atomic E-state index is 8.71. The average Bonchev–Trinajstić information content (AvgIpc) is 2.25. The van der Waals surface area contributed by atoms with Crippen LogP contribution in [0.3, 0.4) is 0 Å². The molecule has 0 saturated heterocycles. The van der Waals surface area contributed by atoms with Gasteiger partial charge in [0, 0.05) is 7.05 Å². The molecule has 0 unspecified atom stereocenters. The average molecular weight is 204 g/mol. The standard InChI is InChI=1S/C12H16N2O/c1-9-10(2)12(15-4)6-5-11(9)7-14(3)8-13/h5-6H,7H2,1-4H3. The summed E-state index contributed by atoms with van der Waals surface area (Å²) in [6, 6.07) is 3.96. The summed E-state index contributed by atoms with van der Waals surface area (Å²) in [6.07, 6.45) is 2.09. The first-order valence-electron chi connectivity index (χ1n) is 4.84. The molecule has 0 amide bonds. The van der Waals surface area contributed by atoms with Gasteiger partial charge < -0.3 is 9.64 Å². The predicted molar refractivity (Wildman–Crippen MR) is 59.5 cm³/mol. The molecule has 1 rings (SSSR count). The maximum Gasteiger partial charge on any atom is 0.179 e. The summed E-state index contributed by atoms with van der Waals surface area (Å²) in [5, 5.41) is 8.71. The highest BCUT2D eigenvalue weighted by Gasteiger charge is 2.07. The molecule has 0 aliphatic heterocycles. The molecule has 0 bridgehead atoms. The van der Waals surface area contributed by atoms with Crippen molar-refractivity contribution in [3.05, 3.63) is 28.8 Å². The van der Waals surface area contributed by atoms with Gasteiger partial charge in [0.25, 0.3) is 0 Å². The molecular weight excluding hydrogens is 188 g/mol. The van der Waals surface area contributed by atoms with E-state index in [1.54, 1.807) is 19.1 Å². The van der Waals surface area contributed by atoms with Crippen molar-refractivity contribution in [2.75, 3.05) is 14.2 Å². The van der Waals surface area contributed by atoms with Crippen LogP contribution in [-0.2, 0) is 6.54 Å². The lowest BCUT2D eigenvalue weighted by atomic mass is 10.0. The highest BCUT2D eigenvalue weighted by atomic mass is 16.5. The lowest BCUT2D eigenvalue weighted by Gasteiger charge is -2.15. The molecule has 1 aromatic carbocycles. The van der Waals surface area contributed by atoms with Gasteiger partial charge in [-0.15, -0.1) is 0 Å². The van der Waals surface area contributed by atoms with Crippen molar-refractivity contribution in [3.63, 3.8) is 0 Å². The Labute approximate surface area is 90.9 Å². The van der Waals surface area contributed by atoms with Crippen molar-refractivity contribution >= 4 is 0 Å². The lowest BCUT2D eigenvalue weighted by Crippen LogP contribution is -2.11. The van der Waals surface area contributed by atoms with E-state index < -0.39 is 0 Å². The fourth-order valence-corrected chi connectivity index (χ4v) is 1.54. The van der Waals surface area contributed by atoms with Crippen LogP contribution >= 0.6 is 0 Å². The molecule has 3 nitrogen and oxygen atoms in total. The van der Waals surface area contributed by atoms with Gasteiger partial charge in [-0.2, -0.15) is 5.26 Å².